The van der Waals surface area contributed by atoms with E-state index in [1.54, 1.807) is 6.21 Å². The number of H-pyrrole nitrogens is 1. The molecule has 5 nitrogen and oxygen atoms in total. The Kier molecular flexibility index (Phi) is 3.64. The molecule has 1 aliphatic heterocycles. The predicted molar refractivity (Wildman–Crippen MR) is 101 cm³/mol. The second-order valence-corrected chi connectivity index (χ2v) is 6.49. The number of fused-ring (bicyclic) bond motifs is 3. The van der Waals surface area contributed by atoms with Crippen LogP contribution in [0.15, 0.2) is 40.7 Å². The number of rotatable bonds is 2. The number of nitrogens with zero attached hydrogens (tertiary/aromatic N) is 3. The molecule has 2 aromatic heterocycles. The molecule has 3 heterocycles. The van der Waals surface area contributed by atoms with Crippen molar-refractivity contribution < 1.29 is 4.74 Å². The van der Waals surface area contributed by atoms with Crippen molar-refractivity contribution in [2.45, 2.75) is 34.1 Å². The van der Waals surface area contributed by atoms with Gasteiger partial charge in [0.15, 0.2) is 0 Å². The SMILES string of the molecule is CC1=CCC=C(Oc2nc(C)c3c(n2)[nH]c2c(C)cc(C)cc23)C=N1. The Hall–Kier alpha value is -2.95. The second-order valence-electron chi connectivity index (χ2n) is 6.49. The fourth-order valence-electron chi connectivity index (χ4n) is 3.24. The molecule has 126 valence electrons. The third-order valence-corrected chi connectivity index (χ3v) is 4.40. The first kappa shape index (κ1) is 15.6. The third kappa shape index (κ3) is 2.82. The summed E-state index contributed by atoms with van der Waals surface area (Å²) in [6.07, 6.45) is 6.51. The van der Waals surface area contributed by atoms with Gasteiger partial charge in [-0.05, 0) is 51.8 Å². The van der Waals surface area contributed by atoms with Crippen molar-refractivity contribution in [2.24, 2.45) is 4.99 Å². The number of allylic oxidation sites excluding steroid dienone is 4. The number of benzene rings is 1. The number of aryl methyl sites for hydroxylation is 3. The van der Waals surface area contributed by atoms with Crippen molar-refractivity contribution in [3.8, 4) is 6.01 Å². The molecular formula is C20H20N4O. The highest BCUT2D eigenvalue weighted by molar-refractivity contribution is 6.08. The molecule has 0 saturated heterocycles. The van der Waals surface area contributed by atoms with Crippen LogP contribution >= 0.6 is 0 Å². The molecule has 25 heavy (non-hydrogen) atoms. The summed E-state index contributed by atoms with van der Waals surface area (Å²) in [5.41, 5.74) is 6.21. The Labute approximate surface area is 146 Å². The van der Waals surface area contributed by atoms with Crippen molar-refractivity contribution in [3.63, 3.8) is 0 Å². The van der Waals surface area contributed by atoms with Gasteiger partial charge in [-0.15, -0.1) is 0 Å². The number of aromatic nitrogens is 3. The molecule has 0 amide bonds. The smallest absolute Gasteiger partial charge is 0.324 e. The van der Waals surface area contributed by atoms with E-state index in [0.29, 0.717) is 11.8 Å². The number of nitrogens with one attached hydrogen (secondary N) is 1. The van der Waals surface area contributed by atoms with Crippen LogP contribution < -0.4 is 4.74 Å². The zero-order valence-corrected chi connectivity index (χ0v) is 14.8. The molecule has 0 unspecified atom stereocenters. The maximum absolute atomic E-state index is 5.86. The molecule has 0 spiro atoms. The summed E-state index contributed by atoms with van der Waals surface area (Å²) >= 11 is 0. The molecule has 0 saturated carbocycles. The van der Waals surface area contributed by atoms with Gasteiger partial charge in [0, 0.05) is 16.5 Å². The molecular weight excluding hydrogens is 312 g/mol. The van der Waals surface area contributed by atoms with Gasteiger partial charge in [0.05, 0.1) is 17.4 Å². The molecule has 0 radical (unpaired) electrons. The van der Waals surface area contributed by atoms with Crippen LogP contribution in [-0.2, 0) is 0 Å². The van der Waals surface area contributed by atoms with E-state index in [-0.39, 0.29) is 0 Å². The van der Waals surface area contributed by atoms with Gasteiger partial charge in [-0.2, -0.15) is 9.97 Å². The van der Waals surface area contributed by atoms with Crippen LogP contribution in [0.25, 0.3) is 21.9 Å². The molecule has 4 rings (SSSR count). The molecule has 0 fully saturated rings. The minimum absolute atomic E-state index is 0.336. The van der Waals surface area contributed by atoms with Crippen molar-refractivity contribution in [1.29, 1.82) is 0 Å². The van der Waals surface area contributed by atoms with Gasteiger partial charge in [-0.25, -0.2) is 0 Å². The molecule has 0 bridgehead atoms. The Bertz CT molecular complexity index is 1090. The minimum Gasteiger partial charge on any atom is -0.423 e. The lowest BCUT2D eigenvalue weighted by Gasteiger charge is -2.05. The number of aromatic amines is 1. The highest BCUT2D eigenvalue weighted by Gasteiger charge is 2.14. The van der Waals surface area contributed by atoms with Gasteiger partial charge in [0.25, 0.3) is 0 Å². The second kappa shape index (κ2) is 5.84. The zero-order valence-electron chi connectivity index (χ0n) is 14.8. The summed E-state index contributed by atoms with van der Waals surface area (Å²) in [6, 6.07) is 4.68. The number of hydrogen-bond acceptors (Lipinski definition) is 4. The monoisotopic (exact) mass is 332 g/mol. The van der Waals surface area contributed by atoms with E-state index in [1.807, 2.05) is 26.0 Å². The molecule has 1 aromatic carbocycles. The maximum Gasteiger partial charge on any atom is 0.324 e. The van der Waals surface area contributed by atoms with E-state index in [4.69, 9.17) is 4.74 Å². The predicted octanol–water partition coefficient (Wildman–Crippen LogP) is 4.68. The van der Waals surface area contributed by atoms with Gasteiger partial charge >= 0.3 is 6.01 Å². The van der Waals surface area contributed by atoms with Crippen molar-refractivity contribution >= 4 is 28.2 Å². The Balaban J connectivity index is 1.80. The van der Waals surface area contributed by atoms with Crippen molar-refractivity contribution in [1.82, 2.24) is 15.0 Å². The molecule has 0 atom stereocenters. The number of hydrogen-bond donors (Lipinski definition) is 1. The highest BCUT2D eigenvalue weighted by Crippen LogP contribution is 2.30. The Morgan fingerprint density at radius 1 is 1.04 bits per heavy atom. The van der Waals surface area contributed by atoms with Crippen molar-refractivity contribution in [3.05, 3.63) is 52.6 Å². The first-order chi connectivity index (χ1) is 12.0. The van der Waals surface area contributed by atoms with Crippen LogP contribution in [0.1, 0.15) is 30.2 Å². The standard InChI is InChI=1S/C20H20N4O/c1-11-8-12(2)18-16(9-11)17-14(4)22-20(24-19(17)23-18)25-15-7-5-6-13(3)21-10-15/h6-10H,5H2,1-4H3,(H,22,23,24). The van der Waals surface area contributed by atoms with Crippen LogP contribution in [0, 0.1) is 20.8 Å². The van der Waals surface area contributed by atoms with Gasteiger partial charge in [0.1, 0.15) is 11.4 Å². The van der Waals surface area contributed by atoms with E-state index in [9.17, 15) is 0 Å². The lowest BCUT2D eigenvalue weighted by molar-refractivity contribution is 0.418. The maximum atomic E-state index is 5.86. The summed E-state index contributed by atoms with van der Waals surface area (Å²) in [6.45, 7) is 8.16. The van der Waals surface area contributed by atoms with Gasteiger partial charge < -0.3 is 9.72 Å². The average molecular weight is 332 g/mol. The van der Waals surface area contributed by atoms with Crippen LogP contribution in [0.3, 0.4) is 0 Å². The van der Waals surface area contributed by atoms with Gasteiger partial charge in [-0.1, -0.05) is 17.7 Å². The first-order valence-electron chi connectivity index (χ1n) is 8.37. The summed E-state index contributed by atoms with van der Waals surface area (Å²) in [5.74, 6) is 0.662. The van der Waals surface area contributed by atoms with E-state index in [1.165, 1.54) is 11.1 Å². The molecule has 0 aliphatic carbocycles. The summed E-state index contributed by atoms with van der Waals surface area (Å²) in [5, 5.41) is 2.21. The normalized spacial score (nSPS) is 14.6. The summed E-state index contributed by atoms with van der Waals surface area (Å²) in [7, 11) is 0. The first-order valence-corrected chi connectivity index (χ1v) is 8.37. The molecule has 1 aliphatic rings. The largest absolute Gasteiger partial charge is 0.423 e. The Morgan fingerprint density at radius 3 is 2.72 bits per heavy atom. The number of aliphatic imine (C=N–C) groups is 1. The lowest BCUT2D eigenvalue weighted by Crippen LogP contribution is -2.02. The lowest BCUT2D eigenvalue weighted by atomic mass is 10.1. The van der Waals surface area contributed by atoms with E-state index in [0.717, 1.165) is 39.7 Å². The molecule has 1 N–H and O–H groups in total. The zero-order chi connectivity index (χ0) is 17.6. The third-order valence-electron chi connectivity index (χ3n) is 4.40. The van der Waals surface area contributed by atoms with E-state index >= 15 is 0 Å². The highest BCUT2D eigenvalue weighted by atomic mass is 16.5. The molecule has 5 heteroatoms. The van der Waals surface area contributed by atoms with Crippen LogP contribution in [-0.4, -0.2) is 21.2 Å². The van der Waals surface area contributed by atoms with E-state index in [2.05, 4.69) is 45.9 Å². The number of ether oxygens (including phenoxy) is 1. The minimum atomic E-state index is 0.336. The van der Waals surface area contributed by atoms with Crippen LogP contribution in [0.2, 0.25) is 0 Å². The average Bonchev–Trinajstić information content (AvgIpc) is 2.79. The molecule has 3 aromatic rings. The van der Waals surface area contributed by atoms with Gasteiger partial charge in [-0.3, -0.25) is 4.99 Å². The van der Waals surface area contributed by atoms with Crippen LogP contribution in [0.4, 0.5) is 0 Å². The summed E-state index contributed by atoms with van der Waals surface area (Å²) < 4.78 is 5.86. The topological polar surface area (TPSA) is 63.2 Å². The van der Waals surface area contributed by atoms with Crippen molar-refractivity contribution in [2.75, 3.05) is 0 Å². The summed E-state index contributed by atoms with van der Waals surface area (Å²) in [4.78, 5) is 16.9. The van der Waals surface area contributed by atoms with Gasteiger partial charge in [0.2, 0.25) is 0 Å². The fraction of sp³-hybridized carbons (Fsp3) is 0.250. The van der Waals surface area contributed by atoms with E-state index < -0.39 is 0 Å². The Morgan fingerprint density at radius 2 is 1.88 bits per heavy atom. The quantitative estimate of drug-likeness (QED) is 0.741. The fourth-order valence-corrected chi connectivity index (χ4v) is 3.24. The van der Waals surface area contributed by atoms with Crippen LogP contribution in [0.5, 0.6) is 6.01 Å².